The van der Waals surface area contributed by atoms with Crippen molar-refractivity contribution in [2.24, 2.45) is 0 Å². The number of alkyl halides is 1. The number of halogens is 3. The molecule has 0 atom stereocenters. The predicted octanol–water partition coefficient (Wildman–Crippen LogP) is 4.31. The third-order valence-electron chi connectivity index (χ3n) is 1.52. The molecule has 0 heterocycles. The molecule has 1 aromatic carbocycles. The molecule has 0 aliphatic rings. The third kappa shape index (κ3) is 2.20. The van der Waals surface area contributed by atoms with E-state index in [1.165, 1.54) is 11.1 Å². The zero-order valence-electron chi connectivity index (χ0n) is 6.00. The van der Waals surface area contributed by atoms with Gasteiger partial charge >= 0.3 is 0 Å². The van der Waals surface area contributed by atoms with Crippen LogP contribution in [0.15, 0.2) is 16.6 Å². The van der Waals surface area contributed by atoms with E-state index in [1.807, 2.05) is 12.1 Å². The van der Waals surface area contributed by atoms with Crippen molar-refractivity contribution in [3.8, 4) is 0 Å². The summed E-state index contributed by atoms with van der Waals surface area (Å²) in [6.07, 6.45) is 0. The quantitative estimate of drug-likeness (QED) is 0.678. The molecule has 0 aliphatic heterocycles. The molecular weight excluding hydrogens is 291 g/mol. The van der Waals surface area contributed by atoms with E-state index in [2.05, 4.69) is 38.8 Å². The molecule has 0 nitrogen and oxygen atoms in total. The topological polar surface area (TPSA) is 0 Å². The summed E-state index contributed by atoms with van der Waals surface area (Å²) in [5, 5.41) is 1.64. The van der Waals surface area contributed by atoms with Crippen LogP contribution in [0.1, 0.15) is 11.1 Å². The fourth-order valence-electron chi connectivity index (χ4n) is 0.831. The van der Waals surface area contributed by atoms with Crippen molar-refractivity contribution in [3.63, 3.8) is 0 Å². The van der Waals surface area contributed by atoms with Gasteiger partial charge in [-0.1, -0.05) is 27.5 Å². The van der Waals surface area contributed by atoms with E-state index in [1.54, 1.807) is 0 Å². The van der Waals surface area contributed by atoms with Gasteiger partial charge < -0.3 is 0 Å². The molecule has 0 saturated carbocycles. The van der Waals surface area contributed by atoms with Gasteiger partial charge in [-0.25, -0.2) is 0 Å². The Morgan fingerprint density at radius 3 is 2.64 bits per heavy atom. The molecule has 0 amide bonds. The van der Waals surface area contributed by atoms with E-state index in [4.69, 9.17) is 11.6 Å². The average Bonchev–Trinajstić information content (AvgIpc) is 1.97. The molecule has 11 heavy (non-hydrogen) atoms. The summed E-state index contributed by atoms with van der Waals surface area (Å²) in [7, 11) is 0. The second-order valence-electron chi connectivity index (χ2n) is 2.33. The molecule has 0 aliphatic carbocycles. The van der Waals surface area contributed by atoms with Crippen LogP contribution < -0.4 is 0 Å². The summed E-state index contributed by atoms with van der Waals surface area (Å²) >= 11 is 12.7. The summed E-state index contributed by atoms with van der Waals surface area (Å²) in [6.45, 7) is 2.05. The van der Waals surface area contributed by atoms with Gasteiger partial charge in [0.25, 0.3) is 0 Å². The minimum Gasteiger partial charge on any atom is -0.0876 e. The largest absolute Gasteiger partial charge is 0.0876 e. The normalized spacial score (nSPS) is 10.2. The lowest BCUT2D eigenvalue weighted by atomic mass is 10.1. The van der Waals surface area contributed by atoms with Crippen molar-refractivity contribution in [1.29, 1.82) is 0 Å². The van der Waals surface area contributed by atoms with Crippen molar-refractivity contribution < 1.29 is 0 Å². The monoisotopic (exact) mass is 296 g/mol. The highest BCUT2D eigenvalue weighted by molar-refractivity contribution is 9.10. The summed E-state index contributed by atoms with van der Waals surface area (Å²) < 4.78 is 0.958. The Hall–Kier alpha value is 0.470. The van der Waals surface area contributed by atoms with Gasteiger partial charge in [-0.3, -0.25) is 0 Å². The molecule has 0 fully saturated rings. The van der Waals surface area contributed by atoms with Crippen molar-refractivity contribution >= 4 is 43.5 Å². The molecule has 0 unspecified atom stereocenters. The van der Waals surface area contributed by atoms with Gasteiger partial charge in [0.2, 0.25) is 0 Å². The van der Waals surface area contributed by atoms with Gasteiger partial charge in [-0.05, 0) is 46.1 Å². The van der Waals surface area contributed by atoms with Gasteiger partial charge in [0.1, 0.15) is 0 Å². The maximum atomic E-state index is 5.88. The third-order valence-corrected chi connectivity index (χ3v) is 3.32. The first-order valence-electron chi connectivity index (χ1n) is 3.15. The Balaban J connectivity index is 3.21. The second kappa shape index (κ2) is 3.92. The fourth-order valence-corrected chi connectivity index (χ4v) is 2.04. The molecule has 3 heteroatoms. The molecule has 60 valence electrons. The van der Waals surface area contributed by atoms with E-state index >= 15 is 0 Å². The smallest absolute Gasteiger partial charge is 0.0550 e. The van der Waals surface area contributed by atoms with Crippen molar-refractivity contribution in [2.75, 3.05) is 0 Å². The molecule has 0 N–H and O–H groups in total. The van der Waals surface area contributed by atoms with Crippen LogP contribution in [0, 0.1) is 6.92 Å². The molecule has 0 bridgehead atoms. The van der Waals surface area contributed by atoms with Gasteiger partial charge in [-0.2, -0.15) is 0 Å². The Bertz CT molecular complexity index is 271. The first-order valence-corrected chi connectivity index (χ1v) is 5.45. The summed E-state index contributed by atoms with van der Waals surface area (Å²) in [6, 6.07) is 3.99. The zero-order valence-corrected chi connectivity index (χ0v) is 9.92. The first kappa shape index (κ1) is 9.56. The highest BCUT2D eigenvalue weighted by atomic mass is 79.9. The molecular formula is C8H7Br2Cl. The molecule has 0 radical (unpaired) electrons. The van der Waals surface area contributed by atoms with E-state index in [9.17, 15) is 0 Å². The zero-order chi connectivity index (χ0) is 8.43. The summed E-state index contributed by atoms with van der Waals surface area (Å²) in [5.41, 5.74) is 2.48. The van der Waals surface area contributed by atoms with Crippen LogP contribution in [-0.2, 0) is 5.33 Å². The Kier molecular flexibility index (Phi) is 3.41. The summed E-state index contributed by atoms with van der Waals surface area (Å²) in [4.78, 5) is 0. The fraction of sp³-hybridized carbons (Fsp3) is 0.250. The van der Waals surface area contributed by atoms with Crippen LogP contribution in [0.5, 0.6) is 0 Å². The maximum Gasteiger partial charge on any atom is 0.0550 e. The molecule has 1 rings (SSSR count). The average molecular weight is 298 g/mol. The van der Waals surface area contributed by atoms with Gasteiger partial charge in [0.15, 0.2) is 0 Å². The van der Waals surface area contributed by atoms with Crippen LogP contribution in [0.25, 0.3) is 0 Å². The number of hydrogen-bond acceptors (Lipinski definition) is 0. The van der Waals surface area contributed by atoms with Gasteiger partial charge in [-0.15, -0.1) is 0 Å². The Labute approximate surface area is 88.2 Å². The van der Waals surface area contributed by atoms with Gasteiger partial charge in [0.05, 0.1) is 5.02 Å². The lowest BCUT2D eigenvalue weighted by Crippen LogP contribution is -1.84. The predicted molar refractivity (Wildman–Crippen MR) is 56.5 cm³/mol. The number of benzene rings is 1. The minimum absolute atomic E-state index is 0.771. The SMILES string of the molecule is Cc1cc(Cl)c(Br)cc1CBr. The maximum absolute atomic E-state index is 5.88. The van der Waals surface area contributed by atoms with Gasteiger partial charge in [0, 0.05) is 9.80 Å². The highest BCUT2D eigenvalue weighted by Gasteiger charge is 2.01. The van der Waals surface area contributed by atoms with Crippen LogP contribution in [0.3, 0.4) is 0 Å². The van der Waals surface area contributed by atoms with Crippen LogP contribution in [0.2, 0.25) is 5.02 Å². The molecule has 0 spiro atoms. The van der Waals surface area contributed by atoms with Crippen LogP contribution in [0.4, 0.5) is 0 Å². The molecule has 1 aromatic rings. The van der Waals surface area contributed by atoms with E-state index < -0.39 is 0 Å². The van der Waals surface area contributed by atoms with Crippen molar-refractivity contribution in [1.82, 2.24) is 0 Å². The second-order valence-corrected chi connectivity index (χ2v) is 4.15. The Morgan fingerprint density at radius 2 is 2.09 bits per heavy atom. The standard InChI is InChI=1S/C8H7Br2Cl/c1-5-2-8(11)7(10)3-6(5)4-9/h2-3H,4H2,1H3. The number of aryl methyl sites for hydroxylation is 1. The molecule has 0 aromatic heterocycles. The van der Waals surface area contributed by atoms with E-state index in [0.717, 1.165) is 14.8 Å². The number of rotatable bonds is 1. The highest BCUT2D eigenvalue weighted by Crippen LogP contribution is 2.26. The summed E-state index contributed by atoms with van der Waals surface area (Å²) in [5.74, 6) is 0. The lowest BCUT2D eigenvalue weighted by Gasteiger charge is -2.03. The van der Waals surface area contributed by atoms with E-state index in [-0.39, 0.29) is 0 Å². The molecule has 0 saturated heterocycles. The van der Waals surface area contributed by atoms with Crippen LogP contribution >= 0.6 is 43.5 Å². The number of hydrogen-bond donors (Lipinski definition) is 0. The van der Waals surface area contributed by atoms with Crippen molar-refractivity contribution in [3.05, 3.63) is 32.8 Å². The lowest BCUT2D eigenvalue weighted by molar-refractivity contribution is 1.31. The van der Waals surface area contributed by atoms with E-state index in [0.29, 0.717) is 0 Å². The Morgan fingerprint density at radius 1 is 1.45 bits per heavy atom. The van der Waals surface area contributed by atoms with Crippen LogP contribution in [-0.4, -0.2) is 0 Å². The van der Waals surface area contributed by atoms with Crippen molar-refractivity contribution in [2.45, 2.75) is 12.3 Å². The first-order chi connectivity index (χ1) is 5.15. The minimum atomic E-state index is 0.771.